The van der Waals surface area contributed by atoms with Gasteiger partial charge in [0.05, 0.1) is 17.9 Å². The van der Waals surface area contributed by atoms with Gasteiger partial charge in [0.2, 0.25) is 0 Å². The number of hydrogen-bond acceptors (Lipinski definition) is 3. The van der Waals surface area contributed by atoms with Crippen molar-refractivity contribution in [2.75, 3.05) is 12.3 Å². The summed E-state index contributed by atoms with van der Waals surface area (Å²) in [6.07, 6.45) is 0. The van der Waals surface area contributed by atoms with Crippen LogP contribution in [0.1, 0.15) is 32.0 Å². The smallest absolute Gasteiger partial charge is 0.102 e. The van der Waals surface area contributed by atoms with Gasteiger partial charge in [0.15, 0.2) is 0 Å². The van der Waals surface area contributed by atoms with Gasteiger partial charge in [0.25, 0.3) is 0 Å². The summed E-state index contributed by atoms with van der Waals surface area (Å²) in [7, 11) is 0. The van der Waals surface area contributed by atoms with E-state index in [1.54, 1.807) is 6.07 Å². The Morgan fingerprint density at radius 1 is 1.37 bits per heavy atom. The van der Waals surface area contributed by atoms with Crippen molar-refractivity contribution in [3.63, 3.8) is 0 Å². The van der Waals surface area contributed by atoms with Crippen molar-refractivity contribution in [3.8, 4) is 6.07 Å². The molecule has 4 nitrogen and oxygen atoms in total. The molecule has 2 rings (SSSR count). The summed E-state index contributed by atoms with van der Waals surface area (Å²) in [6.45, 7) is 6.93. The molecule has 0 radical (unpaired) electrons. The number of nitrogens with two attached hydrogens (primary N) is 1. The van der Waals surface area contributed by atoms with Gasteiger partial charge in [0.1, 0.15) is 6.07 Å². The molecule has 19 heavy (non-hydrogen) atoms. The van der Waals surface area contributed by atoms with Gasteiger partial charge < -0.3 is 15.4 Å². The van der Waals surface area contributed by atoms with Crippen LogP contribution in [0.2, 0.25) is 0 Å². The van der Waals surface area contributed by atoms with E-state index in [9.17, 15) is 10.4 Å². The van der Waals surface area contributed by atoms with E-state index in [2.05, 4.69) is 31.4 Å². The molecule has 0 aliphatic rings. The van der Waals surface area contributed by atoms with Crippen molar-refractivity contribution in [2.45, 2.75) is 32.7 Å². The minimum Gasteiger partial charge on any atom is -0.398 e. The third-order valence-corrected chi connectivity index (χ3v) is 3.32. The number of nitrogens with zero attached hydrogens (tertiary/aromatic N) is 2. The Morgan fingerprint density at radius 3 is 2.58 bits per heavy atom. The Balaban J connectivity index is 2.85. The normalized spacial score (nSPS) is 11.7. The van der Waals surface area contributed by atoms with Crippen LogP contribution in [0.4, 0.5) is 5.69 Å². The molecular formula is C15H19N3O. The average Bonchev–Trinajstić information content (AvgIpc) is 2.68. The molecule has 0 aliphatic heterocycles. The SMILES string of the molecule is CC(C)(C)c1cc2c(C#N)c(N)ccc2n1CCO. The minimum absolute atomic E-state index is 0.0598. The van der Waals surface area contributed by atoms with Crippen LogP contribution < -0.4 is 5.73 Å². The maximum Gasteiger partial charge on any atom is 0.102 e. The van der Waals surface area contributed by atoms with Crippen LogP contribution in [0, 0.1) is 11.3 Å². The van der Waals surface area contributed by atoms with E-state index in [4.69, 9.17) is 5.73 Å². The molecule has 3 N–H and O–H groups in total. The highest BCUT2D eigenvalue weighted by Gasteiger charge is 2.22. The second-order valence-electron chi connectivity index (χ2n) is 5.73. The summed E-state index contributed by atoms with van der Waals surface area (Å²) in [5.74, 6) is 0. The molecule has 4 heteroatoms. The lowest BCUT2D eigenvalue weighted by Crippen LogP contribution is -2.18. The topological polar surface area (TPSA) is 75.0 Å². The lowest BCUT2D eigenvalue weighted by Gasteiger charge is -2.21. The molecule has 0 fully saturated rings. The Bertz CT molecular complexity index is 657. The van der Waals surface area contributed by atoms with Crippen LogP contribution in [-0.4, -0.2) is 16.3 Å². The van der Waals surface area contributed by atoms with E-state index in [-0.39, 0.29) is 12.0 Å². The lowest BCUT2D eigenvalue weighted by atomic mass is 9.92. The Morgan fingerprint density at radius 2 is 2.05 bits per heavy atom. The van der Waals surface area contributed by atoms with Crippen molar-refractivity contribution in [1.29, 1.82) is 5.26 Å². The zero-order chi connectivity index (χ0) is 14.2. The Hall–Kier alpha value is -1.99. The molecule has 0 spiro atoms. The van der Waals surface area contributed by atoms with E-state index in [0.717, 1.165) is 16.6 Å². The summed E-state index contributed by atoms with van der Waals surface area (Å²) in [5, 5.41) is 19.4. The number of anilines is 1. The van der Waals surface area contributed by atoms with E-state index in [1.165, 1.54) is 0 Å². The zero-order valence-corrected chi connectivity index (χ0v) is 11.6. The summed E-state index contributed by atoms with van der Waals surface area (Å²) in [6, 6.07) is 7.85. The Kier molecular flexibility index (Phi) is 3.25. The van der Waals surface area contributed by atoms with Crippen LogP contribution in [0.5, 0.6) is 0 Å². The van der Waals surface area contributed by atoms with Gasteiger partial charge in [-0.3, -0.25) is 0 Å². The molecule has 1 aromatic carbocycles. The van der Waals surface area contributed by atoms with Gasteiger partial charge in [-0.15, -0.1) is 0 Å². The number of nitrogen functional groups attached to an aromatic ring is 1. The molecule has 0 unspecified atom stereocenters. The number of rotatable bonds is 2. The molecule has 0 saturated heterocycles. The highest BCUT2D eigenvalue weighted by molar-refractivity contribution is 5.91. The van der Waals surface area contributed by atoms with Gasteiger partial charge in [-0.1, -0.05) is 20.8 Å². The third-order valence-electron chi connectivity index (χ3n) is 3.32. The molecule has 0 bridgehead atoms. The summed E-state index contributed by atoms with van der Waals surface area (Å²) in [4.78, 5) is 0. The number of aliphatic hydroxyl groups is 1. The van der Waals surface area contributed by atoms with Crippen LogP contribution in [0.15, 0.2) is 18.2 Å². The maximum absolute atomic E-state index is 9.26. The molecule has 2 aromatic rings. The number of nitriles is 1. The van der Waals surface area contributed by atoms with E-state index >= 15 is 0 Å². The predicted molar refractivity (Wildman–Crippen MR) is 76.9 cm³/mol. The third kappa shape index (κ3) is 2.18. The molecule has 0 atom stereocenters. The molecular weight excluding hydrogens is 238 g/mol. The molecule has 0 saturated carbocycles. The van der Waals surface area contributed by atoms with Gasteiger partial charge in [-0.2, -0.15) is 5.26 Å². The largest absolute Gasteiger partial charge is 0.398 e. The number of aliphatic hydroxyl groups excluding tert-OH is 1. The van der Waals surface area contributed by atoms with Gasteiger partial charge in [-0.25, -0.2) is 0 Å². The summed E-state index contributed by atoms with van der Waals surface area (Å²) >= 11 is 0. The fraction of sp³-hybridized carbons (Fsp3) is 0.400. The number of hydrogen-bond donors (Lipinski definition) is 2. The summed E-state index contributed by atoms with van der Waals surface area (Å²) in [5.41, 5.74) is 8.85. The van der Waals surface area contributed by atoms with Crippen LogP contribution in [0.3, 0.4) is 0 Å². The van der Waals surface area contributed by atoms with Gasteiger partial charge in [-0.05, 0) is 18.2 Å². The molecule has 0 aliphatic carbocycles. The number of aromatic nitrogens is 1. The van der Waals surface area contributed by atoms with E-state index < -0.39 is 0 Å². The Labute approximate surface area is 113 Å². The molecule has 0 amide bonds. The first-order valence-corrected chi connectivity index (χ1v) is 6.33. The van der Waals surface area contributed by atoms with Crippen molar-refractivity contribution < 1.29 is 5.11 Å². The van der Waals surface area contributed by atoms with Crippen molar-refractivity contribution >= 4 is 16.6 Å². The highest BCUT2D eigenvalue weighted by atomic mass is 16.3. The second kappa shape index (κ2) is 4.60. The molecule has 100 valence electrons. The number of benzene rings is 1. The second-order valence-corrected chi connectivity index (χ2v) is 5.73. The number of fused-ring (bicyclic) bond motifs is 1. The van der Waals surface area contributed by atoms with Crippen molar-refractivity contribution in [1.82, 2.24) is 4.57 Å². The van der Waals surface area contributed by atoms with Gasteiger partial charge >= 0.3 is 0 Å². The van der Waals surface area contributed by atoms with Crippen molar-refractivity contribution in [3.05, 3.63) is 29.5 Å². The fourth-order valence-electron chi connectivity index (χ4n) is 2.44. The van der Waals surface area contributed by atoms with E-state index in [0.29, 0.717) is 17.8 Å². The standard InChI is InChI=1S/C15H19N3O/c1-15(2,3)14-8-10-11(9-16)12(17)4-5-13(10)18(14)6-7-19/h4-5,8,19H,6-7,17H2,1-3H3. The van der Waals surface area contributed by atoms with Crippen LogP contribution in [0.25, 0.3) is 10.9 Å². The summed E-state index contributed by atoms with van der Waals surface area (Å²) < 4.78 is 2.07. The average molecular weight is 257 g/mol. The molecule has 1 aromatic heterocycles. The first-order chi connectivity index (χ1) is 8.90. The zero-order valence-electron chi connectivity index (χ0n) is 11.6. The first-order valence-electron chi connectivity index (χ1n) is 6.33. The van der Waals surface area contributed by atoms with Crippen molar-refractivity contribution in [2.24, 2.45) is 0 Å². The predicted octanol–water partition coefficient (Wildman–Crippen LogP) is 2.38. The van der Waals surface area contributed by atoms with Crippen LogP contribution >= 0.6 is 0 Å². The minimum atomic E-state index is -0.0598. The van der Waals surface area contributed by atoms with Crippen LogP contribution in [-0.2, 0) is 12.0 Å². The maximum atomic E-state index is 9.26. The molecule has 1 heterocycles. The van der Waals surface area contributed by atoms with Gasteiger partial charge in [0, 0.05) is 28.6 Å². The quantitative estimate of drug-likeness (QED) is 0.811. The van der Waals surface area contributed by atoms with E-state index in [1.807, 2.05) is 12.1 Å². The fourth-order valence-corrected chi connectivity index (χ4v) is 2.44. The lowest BCUT2D eigenvalue weighted by molar-refractivity contribution is 0.274. The highest BCUT2D eigenvalue weighted by Crippen LogP contribution is 2.32. The first kappa shape index (κ1) is 13.4. The monoisotopic (exact) mass is 257 g/mol.